The van der Waals surface area contributed by atoms with Crippen molar-refractivity contribution in [3.63, 3.8) is 0 Å². The van der Waals surface area contributed by atoms with Gasteiger partial charge in [0.15, 0.2) is 5.69 Å². The van der Waals surface area contributed by atoms with Gasteiger partial charge in [-0.3, -0.25) is 24.3 Å². The molecule has 53 heavy (non-hydrogen) atoms. The number of hydrogen-bond donors (Lipinski definition) is 7. The van der Waals surface area contributed by atoms with E-state index in [2.05, 4.69) is 36.9 Å². The Bertz CT molecular complexity index is 1370. The minimum atomic E-state index is -0.834. The number of amides is 7. The number of carbonyl (C=O) groups excluding carboxylic acids is 5. The van der Waals surface area contributed by atoms with Crippen LogP contribution in [0.2, 0.25) is 0 Å². The van der Waals surface area contributed by atoms with E-state index in [1.807, 2.05) is 25.6 Å². The lowest BCUT2D eigenvalue weighted by Gasteiger charge is -2.20. The number of nitrogens with zero attached hydrogens (tertiary/aromatic N) is 2. The number of aromatic nitrogens is 2. The summed E-state index contributed by atoms with van der Waals surface area (Å²) in [5.41, 5.74) is 5.36. The quantitative estimate of drug-likeness (QED) is 0.0583. The molecule has 0 aliphatic carbocycles. The third-order valence-corrected chi connectivity index (χ3v) is 10.8. The number of anilines is 1. The van der Waals surface area contributed by atoms with Gasteiger partial charge >= 0.3 is 12.1 Å². The molecule has 5 unspecified atom stereocenters. The number of primary amides is 1. The Kier molecular flexibility index (Phi) is 17.4. The Labute approximate surface area is 314 Å². The maximum absolute atomic E-state index is 13.1. The molecule has 298 valence electrons. The van der Waals surface area contributed by atoms with Gasteiger partial charge in [0.2, 0.25) is 11.8 Å². The molecule has 7 atom stereocenters. The van der Waals surface area contributed by atoms with Crippen LogP contribution in [0.1, 0.15) is 82.4 Å². The Morgan fingerprint density at radius 1 is 1.04 bits per heavy atom. The molecule has 18 nitrogen and oxygen atoms in total. The molecule has 3 aliphatic rings. The summed E-state index contributed by atoms with van der Waals surface area (Å²) in [4.78, 5) is 65.0. The van der Waals surface area contributed by atoms with Gasteiger partial charge in [0.1, 0.15) is 12.0 Å². The van der Waals surface area contributed by atoms with Gasteiger partial charge in [0, 0.05) is 48.9 Å². The second kappa shape index (κ2) is 21.9. The number of fused-ring (bicyclic) bond motifs is 1. The van der Waals surface area contributed by atoms with Crippen LogP contribution in [0.5, 0.6) is 0 Å². The molecular formula is C34H57N9O9S. The number of rotatable bonds is 24. The van der Waals surface area contributed by atoms with Crippen molar-refractivity contribution >= 4 is 47.4 Å². The van der Waals surface area contributed by atoms with Crippen LogP contribution >= 0.6 is 11.8 Å². The molecule has 8 N–H and O–H groups in total. The van der Waals surface area contributed by atoms with Crippen LogP contribution in [0.3, 0.4) is 0 Å². The van der Waals surface area contributed by atoms with Crippen molar-refractivity contribution in [2.75, 3.05) is 63.8 Å². The lowest BCUT2D eigenvalue weighted by Crippen LogP contribution is -2.38. The lowest BCUT2D eigenvalue weighted by molar-refractivity contribution is -0.122. The monoisotopic (exact) mass is 767 g/mol. The molecule has 0 aromatic carbocycles. The fourth-order valence-electron chi connectivity index (χ4n) is 6.60. The molecule has 3 fully saturated rings. The predicted molar refractivity (Wildman–Crippen MR) is 197 cm³/mol. The first kappa shape index (κ1) is 42.1. The van der Waals surface area contributed by atoms with E-state index in [4.69, 9.17) is 24.7 Å². The summed E-state index contributed by atoms with van der Waals surface area (Å²) < 4.78 is 24.2. The molecule has 19 heteroatoms. The summed E-state index contributed by atoms with van der Waals surface area (Å²) in [6.45, 7) is 8.70. The SMILES string of the molecule is CC[C@@H]1CC(C)[C@H](n2cnc(C(=O)NC(C)CC(=O)NCCOCCOCCOCCNC(=O)CCCCC3SCC4NC(=O)NC43)c2NC(N)=O)O1. The normalized spacial score (nSPS) is 23.9. The zero-order valence-corrected chi connectivity index (χ0v) is 31.8. The average Bonchev–Trinajstić information content (AvgIpc) is 3.88. The largest absolute Gasteiger partial charge is 0.377 e. The topological polar surface area (TPSA) is 238 Å². The molecule has 0 spiro atoms. The molecule has 7 amide bonds. The highest BCUT2D eigenvalue weighted by molar-refractivity contribution is 8.00. The van der Waals surface area contributed by atoms with E-state index in [0.29, 0.717) is 64.4 Å². The molecule has 0 radical (unpaired) electrons. The number of hydrogen-bond acceptors (Lipinski definition) is 11. The fourth-order valence-corrected chi connectivity index (χ4v) is 8.15. The highest BCUT2D eigenvalue weighted by Crippen LogP contribution is 2.38. The molecule has 1 aromatic heterocycles. The Balaban J connectivity index is 0.955. The molecule has 4 rings (SSSR count). The third-order valence-electron chi connectivity index (χ3n) is 9.26. The Morgan fingerprint density at radius 3 is 2.38 bits per heavy atom. The van der Waals surface area contributed by atoms with Gasteiger partial charge in [0.25, 0.3) is 5.91 Å². The van der Waals surface area contributed by atoms with Crippen LogP contribution in [0.15, 0.2) is 6.33 Å². The van der Waals surface area contributed by atoms with E-state index < -0.39 is 24.2 Å². The minimum Gasteiger partial charge on any atom is -0.377 e. The van der Waals surface area contributed by atoms with Gasteiger partial charge in [-0.2, -0.15) is 11.8 Å². The van der Waals surface area contributed by atoms with Gasteiger partial charge in [-0.15, -0.1) is 0 Å². The molecular weight excluding hydrogens is 710 g/mol. The first-order chi connectivity index (χ1) is 25.5. The molecule has 4 heterocycles. The average molecular weight is 768 g/mol. The minimum absolute atomic E-state index is 0.0102. The van der Waals surface area contributed by atoms with Crippen molar-refractivity contribution in [3.8, 4) is 0 Å². The number of thioether (sulfide) groups is 1. The van der Waals surface area contributed by atoms with Gasteiger partial charge in [-0.1, -0.05) is 20.3 Å². The summed E-state index contributed by atoms with van der Waals surface area (Å²) >= 11 is 1.88. The van der Waals surface area contributed by atoms with E-state index >= 15 is 0 Å². The zero-order chi connectivity index (χ0) is 38.2. The second-order valence-electron chi connectivity index (χ2n) is 13.6. The van der Waals surface area contributed by atoms with Gasteiger partial charge < -0.3 is 51.3 Å². The number of urea groups is 2. The maximum Gasteiger partial charge on any atom is 0.317 e. The van der Waals surface area contributed by atoms with Crippen molar-refractivity contribution in [1.29, 1.82) is 0 Å². The van der Waals surface area contributed by atoms with Crippen molar-refractivity contribution in [3.05, 3.63) is 12.0 Å². The number of nitrogens with two attached hydrogens (primary N) is 1. The van der Waals surface area contributed by atoms with E-state index in [1.54, 1.807) is 11.5 Å². The molecule has 0 bridgehead atoms. The Morgan fingerprint density at radius 2 is 1.72 bits per heavy atom. The smallest absolute Gasteiger partial charge is 0.317 e. The second-order valence-corrected chi connectivity index (χ2v) is 14.9. The molecule has 0 saturated carbocycles. The first-order valence-electron chi connectivity index (χ1n) is 18.6. The summed E-state index contributed by atoms with van der Waals surface area (Å²) in [5.74, 6) is 0.414. The highest BCUT2D eigenvalue weighted by atomic mass is 32.2. The number of ether oxygens (including phenoxy) is 4. The van der Waals surface area contributed by atoms with Crippen LogP contribution in [-0.4, -0.2) is 127 Å². The summed E-state index contributed by atoms with van der Waals surface area (Å²) in [6.07, 6.45) is 6.05. The van der Waals surface area contributed by atoms with Crippen LogP contribution in [0.25, 0.3) is 0 Å². The number of imidazole rings is 1. The molecule has 3 aliphatic heterocycles. The maximum atomic E-state index is 13.1. The summed E-state index contributed by atoms with van der Waals surface area (Å²) in [5, 5.41) is 17.2. The molecule has 3 saturated heterocycles. The first-order valence-corrected chi connectivity index (χ1v) is 19.6. The summed E-state index contributed by atoms with van der Waals surface area (Å²) in [7, 11) is 0. The highest BCUT2D eigenvalue weighted by Gasteiger charge is 2.42. The third kappa shape index (κ3) is 13.6. The van der Waals surface area contributed by atoms with Crippen LogP contribution in [-0.2, 0) is 28.5 Å². The van der Waals surface area contributed by atoms with Gasteiger partial charge in [-0.05, 0) is 32.6 Å². The van der Waals surface area contributed by atoms with Crippen LogP contribution in [0, 0.1) is 5.92 Å². The number of carbonyl (C=O) groups is 5. The number of nitrogens with one attached hydrogen (secondary N) is 6. The predicted octanol–water partition coefficient (Wildman–Crippen LogP) is 1.22. The van der Waals surface area contributed by atoms with Crippen LogP contribution in [0.4, 0.5) is 15.4 Å². The van der Waals surface area contributed by atoms with Crippen molar-refractivity contribution in [1.82, 2.24) is 36.1 Å². The zero-order valence-electron chi connectivity index (χ0n) is 31.0. The molecule has 1 aromatic rings. The van der Waals surface area contributed by atoms with Gasteiger partial charge in [-0.25, -0.2) is 14.6 Å². The lowest BCUT2D eigenvalue weighted by atomic mass is 10.0. The van der Waals surface area contributed by atoms with Crippen molar-refractivity contribution in [2.45, 2.75) is 101 Å². The van der Waals surface area contributed by atoms with Crippen LogP contribution < -0.4 is 37.6 Å². The van der Waals surface area contributed by atoms with E-state index in [0.717, 1.165) is 37.9 Å². The standard InChI is InChI=1S/C34H57N9O9S/c1-4-23-17-21(2)32(52-23)43-20-38-29(30(43)42-33(35)47)31(46)39-22(3)18-27(45)37-10-12-50-14-16-51-15-13-49-11-9-36-26(44)8-6-5-7-25-28-24(19-53-25)40-34(48)41-28/h20-25,28,32H,4-19H2,1-3H3,(H,36,44)(H,37,45)(H,39,46)(H3,35,42,47)(H2,40,41,48)/t21?,22?,23-,24?,25?,28?,32-/m1/s1. The Hall–Kier alpha value is -3.65. The van der Waals surface area contributed by atoms with E-state index in [-0.39, 0.29) is 59.9 Å². The number of unbranched alkanes of at least 4 members (excludes halogenated alkanes) is 1. The van der Waals surface area contributed by atoms with E-state index in [1.165, 1.54) is 6.33 Å². The van der Waals surface area contributed by atoms with Crippen molar-refractivity contribution in [2.24, 2.45) is 11.7 Å². The fraction of sp³-hybridized carbons (Fsp3) is 0.765. The van der Waals surface area contributed by atoms with Crippen molar-refractivity contribution < 1.29 is 42.9 Å². The summed E-state index contributed by atoms with van der Waals surface area (Å²) in [6, 6.07) is -1.00. The van der Waals surface area contributed by atoms with E-state index in [9.17, 15) is 24.0 Å². The van der Waals surface area contributed by atoms with Gasteiger partial charge in [0.05, 0.1) is 64.2 Å².